The number of carbonyl (C=O) groups is 1. The third-order valence-electron chi connectivity index (χ3n) is 2.83. The van der Waals surface area contributed by atoms with Gasteiger partial charge in [0.1, 0.15) is 6.04 Å². The average Bonchev–Trinajstić information content (AvgIpc) is 2.27. The standard InChI is InChI=1S/C10H20N2O2/c1-8(14-2)9(11)10(13)12-6-4-3-5-7-12/h8-9H,3-7,11H2,1-2H3. The Labute approximate surface area is 85.4 Å². The van der Waals surface area contributed by atoms with Crippen LogP contribution in [-0.4, -0.2) is 43.2 Å². The molecule has 82 valence electrons. The second-order valence-corrected chi connectivity index (χ2v) is 3.85. The molecule has 0 aliphatic carbocycles. The summed E-state index contributed by atoms with van der Waals surface area (Å²) in [6, 6.07) is -0.516. The smallest absolute Gasteiger partial charge is 0.242 e. The molecule has 1 fully saturated rings. The van der Waals surface area contributed by atoms with Crippen LogP contribution in [0.15, 0.2) is 0 Å². The second kappa shape index (κ2) is 5.32. The molecule has 1 rings (SSSR count). The molecule has 0 aromatic carbocycles. The van der Waals surface area contributed by atoms with Crippen molar-refractivity contribution in [1.82, 2.24) is 4.90 Å². The van der Waals surface area contributed by atoms with Gasteiger partial charge in [-0.2, -0.15) is 0 Å². The van der Waals surface area contributed by atoms with Crippen LogP contribution in [0.5, 0.6) is 0 Å². The molecule has 1 aliphatic heterocycles. The highest BCUT2D eigenvalue weighted by Crippen LogP contribution is 2.10. The van der Waals surface area contributed by atoms with E-state index in [4.69, 9.17) is 10.5 Å². The molecule has 0 radical (unpaired) electrons. The van der Waals surface area contributed by atoms with Gasteiger partial charge >= 0.3 is 0 Å². The van der Waals surface area contributed by atoms with Gasteiger partial charge < -0.3 is 15.4 Å². The number of amides is 1. The van der Waals surface area contributed by atoms with Gasteiger partial charge in [-0.25, -0.2) is 0 Å². The molecule has 2 N–H and O–H groups in total. The number of ether oxygens (including phenoxy) is 1. The summed E-state index contributed by atoms with van der Waals surface area (Å²) < 4.78 is 5.05. The van der Waals surface area contributed by atoms with E-state index in [1.165, 1.54) is 6.42 Å². The lowest BCUT2D eigenvalue weighted by Gasteiger charge is -2.30. The molecule has 4 heteroatoms. The van der Waals surface area contributed by atoms with E-state index < -0.39 is 6.04 Å². The molecule has 1 aliphatic rings. The Bertz CT molecular complexity index is 187. The van der Waals surface area contributed by atoms with Gasteiger partial charge in [-0.3, -0.25) is 4.79 Å². The first kappa shape index (κ1) is 11.5. The molecular formula is C10H20N2O2. The van der Waals surface area contributed by atoms with Gasteiger partial charge in [0.15, 0.2) is 0 Å². The van der Waals surface area contributed by atoms with E-state index in [1.807, 2.05) is 11.8 Å². The first-order valence-corrected chi connectivity index (χ1v) is 5.24. The zero-order valence-electron chi connectivity index (χ0n) is 9.03. The van der Waals surface area contributed by atoms with Gasteiger partial charge in [-0.15, -0.1) is 0 Å². The van der Waals surface area contributed by atoms with E-state index in [0.717, 1.165) is 25.9 Å². The monoisotopic (exact) mass is 200 g/mol. The normalized spacial score (nSPS) is 21.8. The first-order valence-electron chi connectivity index (χ1n) is 5.24. The molecule has 1 amide bonds. The maximum Gasteiger partial charge on any atom is 0.242 e. The van der Waals surface area contributed by atoms with Crippen molar-refractivity contribution in [3.63, 3.8) is 0 Å². The fourth-order valence-corrected chi connectivity index (χ4v) is 1.67. The minimum Gasteiger partial charge on any atom is -0.380 e. The van der Waals surface area contributed by atoms with Crippen molar-refractivity contribution in [1.29, 1.82) is 0 Å². The lowest BCUT2D eigenvalue weighted by atomic mass is 10.1. The lowest BCUT2D eigenvalue weighted by Crippen LogP contribution is -2.51. The SMILES string of the molecule is COC(C)C(N)C(=O)N1CCCCC1. The van der Waals surface area contributed by atoms with Gasteiger partial charge in [0.05, 0.1) is 6.10 Å². The zero-order chi connectivity index (χ0) is 10.6. The lowest BCUT2D eigenvalue weighted by molar-refractivity contribution is -0.136. The van der Waals surface area contributed by atoms with Crippen molar-refractivity contribution < 1.29 is 9.53 Å². The molecule has 0 bridgehead atoms. The number of nitrogens with zero attached hydrogens (tertiary/aromatic N) is 1. The minimum absolute atomic E-state index is 0.0269. The maximum absolute atomic E-state index is 11.8. The third-order valence-corrected chi connectivity index (χ3v) is 2.83. The molecule has 0 saturated carbocycles. The molecular weight excluding hydrogens is 180 g/mol. The summed E-state index contributed by atoms with van der Waals surface area (Å²) in [4.78, 5) is 13.7. The van der Waals surface area contributed by atoms with Gasteiger partial charge in [-0.1, -0.05) is 0 Å². The van der Waals surface area contributed by atoms with Gasteiger partial charge in [0.2, 0.25) is 5.91 Å². The molecule has 2 unspecified atom stereocenters. The van der Waals surface area contributed by atoms with Crippen molar-refractivity contribution in [2.24, 2.45) is 5.73 Å². The van der Waals surface area contributed by atoms with Gasteiger partial charge in [-0.05, 0) is 26.2 Å². The predicted molar refractivity (Wildman–Crippen MR) is 54.9 cm³/mol. The fraction of sp³-hybridized carbons (Fsp3) is 0.900. The van der Waals surface area contributed by atoms with Crippen LogP contribution in [0.4, 0.5) is 0 Å². The van der Waals surface area contributed by atoms with Crippen LogP contribution >= 0.6 is 0 Å². The number of methoxy groups -OCH3 is 1. The van der Waals surface area contributed by atoms with Crippen LogP contribution in [0.1, 0.15) is 26.2 Å². The van der Waals surface area contributed by atoms with E-state index in [2.05, 4.69) is 0 Å². The molecule has 4 nitrogen and oxygen atoms in total. The van der Waals surface area contributed by atoms with E-state index >= 15 is 0 Å². The molecule has 1 heterocycles. The number of piperidine rings is 1. The Morgan fingerprint density at radius 3 is 2.43 bits per heavy atom. The molecule has 0 aromatic rings. The summed E-state index contributed by atoms with van der Waals surface area (Å²) >= 11 is 0. The van der Waals surface area contributed by atoms with Crippen LogP contribution in [-0.2, 0) is 9.53 Å². The highest BCUT2D eigenvalue weighted by Gasteiger charge is 2.26. The molecule has 1 saturated heterocycles. The van der Waals surface area contributed by atoms with Crippen molar-refractivity contribution in [2.75, 3.05) is 20.2 Å². The summed E-state index contributed by atoms with van der Waals surface area (Å²) in [6.07, 6.45) is 3.21. The summed E-state index contributed by atoms with van der Waals surface area (Å²) in [7, 11) is 1.58. The van der Waals surface area contributed by atoms with Crippen LogP contribution < -0.4 is 5.73 Å². The summed E-state index contributed by atoms with van der Waals surface area (Å²) in [5, 5.41) is 0. The number of nitrogens with two attached hydrogens (primary N) is 1. The predicted octanol–water partition coefficient (Wildman–Crippen LogP) is 0.361. The topological polar surface area (TPSA) is 55.6 Å². The number of likely N-dealkylation sites (tertiary alicyclic amines) is 1. The first-order chi connectivity index (χ1) is 6.66. The van der Waals surface area contributed by atoms with E-state index in [1.54, 1.807) is 7.11 Å². The molecule has 0 aromatic heterocycles. The Morgan fingerprint density at radius 2 is 1.93 bits per heavy atom. The number of rotatable bonds is 3. The van der Waals surface area contributed by atoms with Crippen LogP contribution in [0.2, 0.25) is 0 Å². The number of hydrogen-bond donors (Lipinski definition) is 1. The highest BCUT2D eigenvalue weighted by molar-refractivity contribution is 5.82. The molecule has 0 spiro atoms. The average molecular weight is 200 g/mol. The Balaban J connectivity index is 2.46. The van der Waals surface area contributed by atoms with E-state index in [-0.39, 0.29) is 12.0 Å². The zero-order valence-corrected chi connectivity index (χ0v) is 9.03. The minimum atomic E-state index is -0.516. The largest absolute Gasteiger partial charge is 0.380 e. The Hall–Kier alpha value is -0.610. The van der Waals surface area contributed by atoms with Crippen molar-refractivity contribution in [2.45, 2.75) is 38.3 Å². The third kappa shape index (κ3) is 2.69. The van der Waals surface area contributed by atoms with Crippen LogP contribution in [0, 0.1) is 0 Å². The van der Waals surface area contributed by atoms with Crippen LogP contribution in [0.25, 0.3) is 0 Å². The van der Waals surface area contributed by atoms with E-state index in [9.17, 15) is 4.79 Å². The fourth-order valence-electron chi connectivity index (χ4n) is 1.67. The Kier molecular flexibility index (Phi) is 4.35. The summed E-state index contributed by atoms with van der Waals surface area (Å²) in [5.74, 6) is 0.0269. The number of hydrogen-bond acceptors (Lipinski definition) is 3. The van der Waals surface area contributed by atoms with E-state index in [0.29, 0.717) is 0 Å². The van der Waals surface area contributed by atoms with Gasteiger partial charge in [0.25, 0.3) is 0 Å². The maximum atomic E-state index is 11.8. The van der Waals surface area contributed by atoms with Crippen molar-refractivity contribution >= 4 is 5.91 Å². The molecule has 2 atom stereocenters. The Morgan fingerprint density at radius 1 is 1.36 bits per heavy atom. The van der Waals surface area contributed by atoms with Crippen LogP contribution in [0.3, 0.4) is 0 Å². The van der Waals surface area contributed by atoms with Crippen molar-refractivity contribution in [3.8, 4) is 0 Å². The van der Waals surface area contributed by atoms with Gasteiger partial charge in [0, 0.05) is 20.2 Å². The highest BCUT2D eigenvalue weighted by atomic mass is 16.5. The molecule has 14 heavy (non-hydrogen) atoms. The second-order valence-electron chi connectivity index (χ2n) is 3.85. The summed E-state index contributed by atoms with van der Waals surface area (Å²) in [6.45, 7) is 3.53. The summed E-state index contributed by atoms with van der Waals surface area (Å²) in [5.41, 5.74) is 5.79. The number of carbonyl (C=O) groups excluding carboxylic acids is 1. The van der Waals surface area contributed by atoms with Crippen molar-refractivity contribution in [3.05, 3.63) is 0 Å². The quantitative estimate of drug-likeness (QED) is 0.715.